The Hall–Kier alpha value is -1.46. The van der Waals surface area contributed by atoms with E-state index in [0.717, 1.165) is 12.8 Å². The van der Waals surface area contributed by atoms with Gasteiger partial charge in [0.2, 0.25) is 0 Å². The van der Waals surface area contributed by atoms with Crippen LogP contribution in [0.25, 0.3) is 0 Å². The lowest BCUT2D eigenvalue weighted by molar-refractivity contribution is 0.0170. The Morgan fingerprint density at radius 1 is 1.05 bits per heavy atom. The van der Waals surface area contributed by atoms with Gasteiger partial charge < -0.3 is 19.9 Å². The summed E-state index contributed by atoms with van der Waals surface area (Å²) >= 11 is 0. The molecule has 1 aliphatic carbocycles. The zero-order valence-electron chi connectivity index (χ0n) is 11.9. The lowest BCUT2D eigenvalue weighted by Crippen LogP contribution is -2.54. The zero-order valence-corrected chi connectivity index (χ0v) is 11.9. The van der Waals surface area contributed by atoms with E-state index >= 15 is 0 Å². The Morgan fingerprint density at radius 3 is 2.05 bits per heavy atom. The molecule has 1 aliphatic heterocycles. The molecule has 0 aromatic rings. The summed E-state index contributed by atoms with van der Waals surface area (Å²) in [6.07, 6.45) is 1.88. The molecular weight excluding hydrogens is 246 g/mol. The quantitative estimate of drug-likeness (QED) is 0.783. The average Bonchev–Trinajstić information content (AvgIpc) is 3.11. The normalized spacial score (nSPS) is 20.2. The van der Waals surface area contributed by atoms with Crippen LogP contribution in [0.5, 0.6) is 0 Å². The van der Waals surface area contributed by atoms with Gasteiger partial charge in [0.05, 0.1) is 0 Å². The third-order valence-electron chi connectivity index (χ3n) is 3.12. The topological polar surface area (TPSA) is 61.9 Å². The summed E-state index contributed by atoms with van der Waals surface area (Å²) in [5.74, 6) is 0. The highest BCUT2D eigenvalue weighted by atomic mass is 16.6. The van der Waals surface area contributed by atoms with E-state index < -0.39 is 5.60 Å². The number of piperazine rings is 1. The van der Waals surface area contributed by atoms with E-state index in [9.17, 15) is 9.59 Å². The predicted molar refractivity (Wildman–Crippen MR) is 70.9 cm³/mol. The van der Waals surface area contributed by atoms with E-state index in [1.807, 2.05) is 20.8 Å². The number of hydrogen-bond donors (Lipinski definition) is 1. The van der Waals surface area contributed by atoms with Crippen LogP contribution < -0.4 is 5.32 Å². The van der Waals surface area contributed by atoms with Crippen molar-refractivity contribution in [2.45, 2.75) is 45.3 Å². The highest BCUT2D eigenvalue weighted by Gasteiger charge is 2.30. The molecule has 0 radical (unpaired) electrons. The smallest absolute Gasteiger partial charge is 0.410 e. The molecule has 1 saturated heterocycles. The second-order valence-electron chi connectivity index (χ2n) is 6.18. The van der Waals surface area contributed by atoms with Crippen molar-refractivity contribution < 1.29 is 14.3 Å². The monoisotopic (exact) mass is 269 g/mol. The minimum Gasteiger partial charge on any atom is -0.444 e. The fourth-order valence-electron chi connectivity index (χ4n) is 1.91. The number of carbonyl (C=O) groups excluding carboxylic acids is 2. The van der Waals surface area contributed by atoms with E-state index in [1.165, 1.54) is 0 Å². The van der Waals surface area contributed by atoms with E-state index in [2.05, 4.69) is 5.32 Å². The summed E-state index contributed by atoms with van der Waals surface area (Å²) in [6, 6.07) is 0.364. The van der Waals surface area contributed by atoms with Crippen LogP contribution in [-0.4, -0.2) is 59.7 Å². The molecule has 0 spiro atoms. The number of carbonyl (C=O) groups is 2. The molecule has 108 valence electrons. The molecule has 0 bridgehead atoms. The first-order chi connectivity index (χ1) is 8.85. The van der Waals surface area contributed by atoms with Gasteiger partial charge in [0.25, 0.3) is 0 Å². The van der Waals surface area contributed by atoms with E-state index in [4.69, 9.17) is 4.74 Å². The Kier molecular flexibility index (Phi) is 3.87. The van der Waals surface area contributed by atoms with E-state index in [0.29, 0.717) is 32.2 Å². The van der Waals surface area contributed by atoms with Gasteiger partial charge in [-0.05, 0) is 33.6 Å². The molecular formula is C13H23N3O3. The van der Waals surface area contributed by atoms with Crippen LogP contribution in [0, 0.1) is 0 Å². The van der Waals surface area contributed by atoms with Crippen LogP contribution in [0.15, 0.2) is 0 Å². The van der Waals surface area contributed by atoms with Crippen molar-refractivity contribution in [3.63, 3.8) is 0 Å². The Labute approximate surface area is 114 Å². The highest BCUT2D eigenvalue weighted by Crippen LogP contribution is 2.19. The maximum atomic E-state index is 11.9. The van der Waals surface area contributed by atoms with Crippen molar-refractivity contribution in [3.05, 3.63) is 0 Å². The number of hydrogen-bond acceptors (Lipinski definition) is 3. The van der Waals surface area contributed by atoms with Crippen molar-refractivity contribution in [2.75, 3.05) is 26.2 Å². The van der Waals surface area contributed by atoms with Gasteiger partial charge in [-0.3, -0.25) is 0 Å². The molecule has 0 unspecified atom stereocenters. The van der Waals surface area contributed by atoms with Crippen molar-refractivity contribution in [1.29, 1.82) is 0 Å². The van der Waals surface area contributed by atoms with E-state index in [1.54, 1.807) is 9.80 Å². The minimum atomic E-state index is -0.475. The molecule has 1 N–H and O–H groups in total. The Balaban J connectivity index is 1.75. The number of rotatable bonds is 1. The van der Waals surface area contributed by atoms with Gasteiger partial charge in [-0.15, -0.1) is 0 Å². The summed E-state index contributed by atoms with van der Waals surface area (Å²) in [6.45, 7) is 7.76. The van der Waals surface area contributed by atoms with Crippen LogP contribution in [0.3, 0.4) is 0 Å². The fraction of sp³-hybridized carbons (Fsp3) is 0.846. The van der Waals surface area contributed by atoms with Gasteiger partial charge >= 0.3 is 12.1 Å². The first-order valence-corrected chi connectivity index (χ1v) is 6.88. The van der Waals surface area contributed by atoms with Crippen LogP contribution in [0.1, 0.15) is 33.6 Å². The van der Waals surface area contributed by atoms with Gasteiger partial charge in [-0.2, -0.15) is 0 Å². The Bertz CT molecular complexity index is 353. The average molecular weight is 269 g/mol. The van der Waals surface area contributed by atoms with Crippen LogP contribution in [-0.2, 0) is 4.74 Å². The third-order valence-corrected chi connectivity index (χ3v) is 3.12. The number of nitrogens with one attached hydrogen (secondary N) is 1. The largest absolute Gasteiger partial charge is 0.444 e. The number of amides is 3. The SMILES string of the molecule is CC(C)(C)OC(=O)N1CCN(C(=O)NC2CC2)CC1. The van der Waals surface area contributed by atoms with Crippen molar-refractivity contribution in [1.82, 2.24) is 15.1 Å². The van der Waals surface area contributed by atoms with Crippen molar-refractivity contribution >= 4 is 12.1 Å². The summed E-state index contributed by atoms with van der Waals surface area (Å²) in [7, 11) is 0. The number of ether oxygens (including phenoxy) is 1. The lowest BCUT2D eigenvalue weighted by atomic mass is 10.2. The minimum absolute atomic E-state index is 0.00802. The van der Waals surface area contributed by atoms with Gasteiger partial charge in [0.15, 0.2) is 0 Å². The van der Waals surface area contributed by atoms with Gasteiger partial charge in [-0.25, -0.2) is 9.59 Å². The van der Waals surface area contributed by atoms with Gasteiger partial charge in [0.1, 0.15) is 5.60 Å². The molecule has 6 heteroatoms. The number of urea groups is 1. The Morgan fingerprint density at radius 2 is 1.58 bits per heavy atom. The predicted octanol–water partition coefficient (Wildman–Crippen LogP) is 1.41. The maximum absolute atomic E-state index is 11.9. The highest BCUT2D eigenvalue weighted by molar-refractivity contribution is 5.75. The molecule has 1 heterocycles. The van der Waals surface area contributed by atoms with E-state index in [-0.39, 0.29) is 12.1 Å². The molecule has 19 heavy (non-hydrogen) atoms. The summed E-state index contributed by atoms with van der Waals surface area (Å²) in [4.78, 5) is 27.1. The summed E-state index contributed by atoms with van der Waals surface area (Å²) in [5, 5.41) is 2.96. The van der Waals surface area contributed by atoms with Crippen molar-refractivity contribution in [3.8, 4) is 0 Å². The molecule has 2 aliphatic rings. The van der Waals surface area contributed by atoms with Gasteiger partial charge in [0, 0.05) is 32.2 Å². The van der Waals surface area contributed by atoms with Gasteiger partial charge in [-0.1, -0.05) is 0 Å². The molecule has 0 aromatic heterocycles. The summed E-state index contributed by atoms with van der Waals surface area (Å²) < 4.78 is 5.32. The third kappa shape index (κ3) is 4.29. The molecule has 1 saturated carbocycles. The standard InChI is InChI=1S/C13H23N3O3/c1-13(2,3)19-12(18)16-8-6-15(7-9-16)11(17)14-10-4-5-10/h10H,4-9H2,1-3H3,(H,14,17). The summed E-state index contributed by atoms with van der Waals surface area (Å²) in [5.41, 5.74) is -0.475. The zero-order chi connectivity index (χ0) is 14.0. The molecule has 3 amide bonds. The molecule has 0 aromatic carbocycles. The van der Waals surface area contributed by atoms with Crippen LogP contribution in [0.4, 0.5) is 9.59 Å². The first kappa shape index (κ1) is 14.0. The van der Waals surface area contributed by atoms with Crippen LogP contribution >= 0.6 is 0 Å². The first-order valence-electron chi connectivity index (χ1n) is 6.88. The van der Waals surface area contributed by atoms with Crippen LogP contribution in [0.2, 0.25) is 0 Å². The maximum Gasteiger partial charge on any atom is 0.410 e. The van der Waals surface area contributed by atoms with Crippen molar-refractivity contribution in [2.24, 2.45) is 0 Å². The lowest BCUT2D eigenvalue weighted by Gasteiger charge is -2.35. The molecule has 6 nitrogen and oxygen atoms in total. The molecule has 2 rings (SSSR count). The second kappa shape index (κ2) is 5.27. The fourth-order valence-corrected chi connectivity index (χ4v) is 1.91. The number of nitrogens with zero attached hydrogens (tertiary/aromatic N) is 2. The molecule has 2 fully saturated rings. The molecule has 0 atom stereocenters. The second-order valence-corrected chi connectivity index (χ2v) is 6.18.